The molecule has 3 nitrogen and oxygen atoms in total. The van der Waals surface area contributed by atoms with Crippen molar-refractivity contribution in [2.75, 3.05) is 0 Å². The molecule has 0 bridgehead atoms. The molecule has 110 valence electrons. The fourth-order valence-corrected chi connectivity index (χ4v) is 3.39. The predicted molar refractivity (Wildman–Crippen MR) is 92.1 cm³/mol. The van der Waals surface area contributed by atoms with Gasteiger partial charge in [0.25, 0.3) is 0 Å². The van der Waals surface area contributed by atoms with E-state index in [-0.39, 0.29) is 11.5 Å². The summed E-state index contributed by atoms with van der Waals surface area (Å²) in [5.41, 5.74) is 1.57. The van der Waals surface area contributed by atoms with Gasteiger partial charge in [-0.25, -0.2) is 0 Å². The molecule has 0 aliphatic carbocycles. The van der Waals surface area contributed by atoms with Gasteiger partial charge in [0, 0.05) is 21.5 Å². The van der Waals surface area contributed by atoms with E-state index >= 15 is 0 Å². The Morgan fingerprint density at radius 1 is 0.696 bits per heavy atom. The van der Waals surface area contributed by atoms with Gasteiger partial charge in [-0.1, -0.05) is 18.2 Å². The minimum atomic E-state index is 0.250. The van der Waals surface area contributed by atoms with Crippen LogP contribution in [0.15, 0.2) is 65.1 Å². The molecule has 3 heteroatoms. The Balaban J connectivity index is 2.06. The van der Waals surface area contributed by atoms with Crippen molar-refractivity contribution < 1.29 is 14.6 Å². The lowest BCUT2D eigenvalue weighted by Crippen LogP contribution is -1.76. The second-order valence-electron chi connectivity index (χ2n) is 5.76. The summed E-state index contributed by atoms with van der Waals surface area (Å²) < 4.78 is 6.09. The summed E-state index contributed by atoms with van der Waals surface area (Å²) in [7, 11) is 0. The van der Waals surface area contributed by atoms with E-state index in [1.807, 2.05) is 42.5 Å². The molecule has 0 saturated heterocycles. The number of phenolic OH excluding ortho intramolecular Hbond substituents is 2. The van der Waals surface area contributed by atoms with Crippen LogP contribution in [0.4, 0.5) is 0 Å². The smallest absolute Gasteiger partial charge is 0.143 e. The molecule has 1 aromatic heterocycles. The molecule has 2 N–H and O–H groups in total. The van der Waals surface area contributed by atoms with E-state index in [0.29, 0.717) is 0 Å². The first kappa shape index (κ1) is 12.4. The van der Waals surface area contributed by atoms with Crippen LogP contribution >= 0.6 is 0 Å². The molecule has 23 heavy (non-hydrogen) atoms. The number of rotatable bonds is 0. The van der Waals surface area contributed by atoms with Gasteiger partial charge in [-0.2, -0.15) is 0 Å². The van der Waals surface area contributed by atoms with Gasteiger partial charge in [-0.05, 0) is 53.2 Å². The third-order valence-electron chi connectivity index (χ3n) is 4.44. The normalized spacial score (nSPS) is 11.8. The summed E-state index contributed by atoms with van der Waals surface area (Å²) in [5.74, 6) is 0.500. The zero-order valence-electron chi connectivity index (χ0n) is 12.1. The number of fused-ring (bicyclic) bond motifs is 7. The van der Waals surface area contributed by atoms with Gasteiger partial charge < -0.3 is 14.6 Å². The molecule has 4 aromatic carbocycles. The first-order chi connectivity index (χ1) is 11.2. The van der Waals surface area contributed by atoms with Crippen LogP contribution < -0.4 is 0 Å². The Morgan fingerprint density at radius 2 is 1.52 bits per heavy atom. The standard InChI is InChI=1S/C20H12O3/c21-12-5-6-13-11(10-12)4-9-18-19(13)16-8-7-14-15(20(16)23-18)2-1-3-17(14)22/h1-10,21-22H. The van der Waals surface area contributed by atoms with Crippen LogP contribution in [0.3, 0.4) is 0 Å². The molecule has 5 rings (SSSR count). The number of aromatic hydroxyl groups is 2. The van der Waals surface area contributed by atoms with Crippen LogP contribution in [0.25, 0.3) is 43.5 Å². The molecule has 0 amide bonds. The van der Waals surface area contributed by atoms with E-state index in [9.17, 15) is 10.2 Å². The van der Waals surface area contributed by atoms with Crippen molar-refractivity contribution in [2.45, 2.75) is 0 Å². The number of hydrogen-bond donors (Lipinski definition) is 2. The molecule has 0 saturated carbocycles. The monoisotopic (exact) mass is 300 g/mol. The summed E-state index contributed by atoms with van der Waals surface area (Å²) in [6, 6.07) is 18.6. The third kappa shape index (κ3) is 1.59. The van der Waals surface area contributed by atoms with E-state index in [4.69, 9.17) is 4.42 Å². The lowest BCUT2D eigenvalue weighted by atomic mass is 10.0. The predicted octanol–water partition coefficient (Wildman–Crippen LogP) is 5.30. The molecule has 0 radical (unpaired) electrons. The van der Waals surface area contributed by atoms with Gasteiger partial charge in [0.05, 0.1) is 0 Å². The van der Waals surface area contributed by atoms with Crippen LogP contribution in [0.2, 0.25) is 0 Å². The van der Waals surface area contributed by atoms with Gasteiger partial charge in [0.2, 0.25) is 0 Å². The maximum absolute atomic E-state index is 10.0. The molecule has 0 atom stereocenters. The maximum Gasteiger partial charge on any atom is 0.143 e. The topological polar surface area (TPSA) is 53.6 Å². The van der Waals surface area contributed by atoms with E-state index in [0.717, 1.165) is 43.5 Å². The van der Waals surface area contributed by atoms with Crippen molar-refractivity contribution in [3.05, 3.63) is 60.7 Å². The number of phenols is 2. The summed E-state index contributed by atoms with van der Waals surface area (Å²) in [6.07, 6.45) is 0. The van der Waals surface area contributed by atoms with Gasteiger partial charge in [-0.15, -0.1) is 0 Å². The highest BCUT2D eigenvalue weighted by molar-refractivity contribution is 6.23. The van der Waals surface area contributed by atoms with E-state index in [1.165, 1.54) is 0 Å². The molecule has 0 aliphatic rings. The van der Waals surface area contributed by atoms with Crippen molar-refractivity contribution >= 4 is 43.5 Å². The Kier molecular flexibility index (Phi) is 2.24. The van der Waals surface area contributed by atoms with Crippen LogP contribution in [0.1, 0.15) is 0 Å². The second kappa shape index (κ2) is 4.17. The van der Waals surface area contributed by atoms with Crippen LogP contribution in [0, 0.1) is 0 Å². The maximum atomic E-state index is 10.0. The van der Waals surface area contributed by atoms with E-state index in [1.54, 1.807) is 18.2 Å². The highest BCUT2D eigenvalue weighted by atomic mass is 16.3. The fraction of sp³-hybridized carbons (Fsp3) is 0. The van der Waals surface area contributed by atoms with Gasteiger partial charge in [0.15, 0.2) is 0 Å². The van der Waals surface area contributed by atoms with E-state index in [2.05, 4.69) is 0 Å². The zero-order chi connectivity index (χ0) is 15.6. The van der Waals surface area contributed by atoms with Crippen molar-refractivity contribution in [2.24, 2.45) is 0 Å². The second-order valence-corrected chi connectivity index (χ2v) is 5.76. The summed E-state index contributed by atoms with van der Waals surface area (Å²) >= 11 is 0. The van der Waals surface area contributed by atoms with Crippen molar-refractivity contribution in [3.63, 3.8) is 0 Å². The summed E-state index contributed by atoms with van der Waals surface area (Å²) in [6.45, 7) is 0. The summed E-state index contributed by atoms with van der Waals surface area (Å²) in [4.78, 5) is 0. The Labute approximate surface area is 131 Å². The average Bonchev–Trinajstić information content (AvgIpc) is 2.94. The average molecular weight is 300 g/mol. The highest BCUT2D eigenvalue weighted by Crippen LogP contribution is 2.39. The first-order valence-corrected chi connectivity index (χ1v) is 7.41. The summed E-state index contributed by atoms with van der Waals surface area (Å²) in [5, 5.41) is 25.4. The highest BCUT2D eigenvalue weighted by Gasteiger charge is 2.14. The first-order valence-electron chi connectivity index (χ1n) is 7.41. The van der Waals surface area contributed by atoms with Crippen LogP contribution in [-0.2, 0) is 0 Å². The number of hydrogen-bond acceptors (Lipinski definition) is 3. The molecule has 5 aromatic rings. The Morgan fingerprint density at radius 3 is 2.43 bits per heavy atom. The molecule has 0 fully saturated rings. The van der Waals surface area contributed by atoms with Crippen molar-refractivity contribution in [1.82, 2.24) is 0 Å². The van der Waals surface area contributed by atoms with Crippen LogP contribution in [0.5, 0.6) is 11.5 Å². The van der Waals surface area contributed by atoms with Crippen LogP contribution in [-0.4, -0.2) is 10.2 Å². The van der Waals surface area contributed by atoms with Gasteiger partial charge in [-0.3, -0.25) is 0 Å². The number of benzene rings is 4. The Bertz CT molecular complexity index is 1230. The lowest BCUT2D eigenvalue weighted by molar-refractivity contribution is 0.476. The third-order valence-corrected chi connectivity index (χ3v) is 4.44. The molecule has 0 unspecified atom stereocenters. The van der Waals surface area contributed by atoms with Gasteiger partial charge in [0.1, 0.15) is 22.7 Å². The fourth-order valence-electron chi connectivity index (χ4n) is 3.39. The molecular weight excluding hydrogens is 288 g/mol. The molecule has 1 heterocycles. The van der Waals surface area contributed by atoms with Crippen molar-refractivity contribution in [1.29, 1.82) is 0 Å². The number of furan rings is 1. The Hall–Kier alpha value is -3.20. The minimum Gasteiger partial charge on any atom is -0.508 e. The lowest BCUT2D eigenvalue weighted by Gasteiger charge is -2.02. The minimum absolute atomic E-state index is 0.250. The molecular formula is C20H12O3. The molecule has 0 spiro atoms. The largest absolute Gasteiger partial charge is 0.508 e. The zero-order valence-corrected chi connectivity index (χ0v) is 12.1. The van der Waals surface area contributed by atoms with Crippen molar-refractivity contribution in [3.8, 4) is 11.5 Å². The van der Waals surface area contributed by atoms with Gasteiger partial charge >= 0.3 is 0 Å². The quantitative estimate of drug-likeness (QED) is 0.408. The SMILES string of the molecule is Oc1ccc2c(ccc3oc4c5cccc(O)c5ccc4c32)c1. The van der Waals surface area contributed by atoms with E-state index < -0.39 is 0 Å². The molecule has 0 aliphatic heterocycles.